The number of carbonyl (C=O) groups is 1. The standard InChI is InChI=1S/C25H27FN2O3/c1-25(2)20-13-15(7-10-28-11-8-17(29)9-12-28)3-5-18(20)23(31-25)22-19-14-16(26)4-6-21(19)27-24(22)30/h3-6,13-14,17,29H,7-12H2,1-2H3,(H,27,30)/b23-22-. The Bertz CT molecular complexity index is 1080. The summed E-state index contributed by atoms with van der Waals surface area (Å²) in [4.78, 5) is 15.1. The number of nitrogens with zero attached hydrogens (tertiary/aromatic N) is 1. The number of halogens is 1. The molecule has 3 aliphatic rings. The van der Waals surface area contributed by atoms with E-state index in [0.717, 1.165) is 50.0 Å². The van der Waals surface area contributed by atoms with Crippen LogP contribution in [0.1, 0.15) is 48.9 Å². The van der Waals surface area contributed by atoms with Gasteiger partial charge in [0.15, 0.2) is 0 Å². The second-order valence-corrected chi connectivity index (χ2v) is 9.16. The lowest BCUT2D eigenvalue weighted by Crippen LogP contribution is -2.37. The van der Waals surface area contributed by atoms with Crippen molar-refractivity contribution in [3.63, 3.8) is 0 Å². The number of nitrogens with one attached hydrogen (secondary N) is 1. The van der Waals surface area contributed by atoms with Gasteiger partial charge in [-0.1, -0.05) is 18.2 Å². The number of hydrogen-bond donors (Lipinski definition) is 2. The van der Waals surface area contributed by atoms with Crippen LogP contribution in [0.15, 0.2) is 36.4 Å². The van der Waals surface area contributed by atoms with E-state index < -0.39 is 5.60 Å². The molecule has 1 fully saturated rings. The number of piperidine rings is 1. The summed E-state index contributed by atoms with van der Waals surface area (Å²) in [5.41, 5.74) is 4.10. The molecule has 6 heteroatoms. The highest BCUT2D eigenvalue weighted by atomic mass is 19.1. The van der Waals surface area contributed by atoms with E-state index in [2.05, 4.69) is 22.3 Å². The van der Waals surface area contributed by atoms with Gasteiger partial charge in [0.25, 0.3) is 5.91 Å². The first-order valence-electron chi connectivity index (χ1n) is 10.9. The molecule has 0 atom stereocenters. The zero-order chi connectivity index (χ0) is 21.8. The van der Waals surface area contributed by atoms with E-state index in [1.807, 2.05) is 19.9 Å². The number of anilines is 1. The number of likely N-dealkylation sites (tertiary alicyclic amines) is 1. The van der Waals surface area contributed by atoms with Crippen molar-refractivity contribution >= 4 is 22.9 Å². The molecule has 1 amide bonds. The average Bonchev–Trinajstić information content (AvgIpc) is 3.19. The molecule has 162 valence electrons. The monoisotopic (exact) mass is 422 g/mol. The summed E-state index contributed by atoms with van der Waals surface area (Å²) in [6, 6.07) is 10.6. The van der Waals surface area contributed by atoms with Crippen LogP contribution in [0.2, 0.25) is 0 Å². The maximum absolute atomic E-state index is 13.9. The third kappa shape index (κ3) is 3.64. The van der Waals surface area contributed by atoms with Crippen molar-refractivity contribution in [2.75, 3.05) is 25.0 Å². The van der Waals surface area contributed by atoms with Crippen LogP contribution in [-0.2, 0) is 21.6 Å². The normalized spacial score (nSPS) is 22.8. The Morgan fingerprint density at radius 3 is 2.71 bits per heavy atom. The number of rotatable bonds is 3. The highest BCUT2D eigenvalue weighted by molar-refractivity contribution is 6.36. The van der Waals surface area contributed by atoms with Crippen LogP contribution in [0.25, 0.3) is 11.3 Å². The molecule has 2 aromatic rings. The lowest BCUT2D eigenvalue weighted by atomic mass is 9.91. The molecule has 2 aromatic carbocycles. The molecule has 0 aromatic heterocycles. The molecule has 1 saturated heterocycles. The largest absolute Gasteiger partial charge is 0.482 e. The van der Waals surface area contributed by atoms with Crippen molar-refractivity contribution in [2.24, 2.45) is 0 Å². The molecule has 0 spiro atoms. The van der Waals surface area contributed by atoms with Gasteiger partial charge in [-0.25, -0.2) is 4.39 Å². The van der Waals surface area contributed by atoms with Gasteiger partial charge in [-0.15, -0.1) is 0 Å². The molecular weight excluding hydrogens is 395 g/mol. The number of carbonyl (C=O) groups excluding carboxylic acids is 1. The number of aliphatic hydroxyl groups is 1. The third-order valence-corrected chi connectivity index (χ3v) is 6.56. The summed E-state index contributed by atoms with van der Waals surface area (Å²) < 4.78 is 20.2. The molecule has 0 aliphatic carbocycles. The SMILES string of the molecule is CC1(C)O/C(=C2\C(=O)Nc3ccc(F)cc32)c2ccc(CCN3CCC(O)CC3)cc21. The molecule has 0 bridgehead atoms. The van der Waals surface area contributed by atoms with E-state index in [9.17, 15) is 14.3 Å². The Balaban J connectivity index is 1.46. The fourth-order valence-electron chi connectivity index (χ4n) is 4.79. The predicted molar refractivity (Wildman–Crippen MR) is 118 cm³/mol. The Kier molecular flexibility index (Phi) is 4.87. The first-order chi connectivity index (χ1) is 14.8. The predicted octanol–water partition coefficient (Wildman–Crippen LogP) is 3.91. The first kappa shape index (κ1) is 20.2. The van der Waals surface area contributed by atoms with Gasteiger partial charge in [-0.2, -0.15) is 0 Å². The van der Waals surface area contributed by atoms with Crippen LogP contribution in [0.5, 0.6) is 0 Å². The number of fused-ring (bicyclic) bond motifs is 2. The maximum Gasteiger partial charge on any atom is 0.260 e. The van der Waals surface area contributed by atoms with Crippen LogP contribution in [0, 0.1) is 5.82 Å². The number of amides is 1. The van der Waals surface area contributed by atoms with Crippen LogP contribution in [0.4, 0.5) is 10.1 Å². The molecule has 5 rings (SSSR count). The molecule has 3 heterocycles. The molecule has 2 N–H and O–H groups in total. The molecule has 5 nitrogen and oxygen atoms in total. The minimum Gasteiger partial charge on any atom is -0.482 e. The maximum atomic E-state index is 13.9. The van der Waals surface area contributed by atoms with Gasteiger partial charge < -0.3 is 20.1 Å². The number of hydrogen-bond acceptors (Lipinski definition) is 4. The zero-order valence-electron chi connectivity index (χ0n) is 17.9. The van der Waals surface area contributed by atoms with E-state index in [1.165, 1.54) is 17.7 Å². The van der Waals surface area contributed by atoms with Crippen molar-refractivity contribution in [2.45, 2.75) is 44.8 Å². The number of ether oxygens (including phenoxy) is 1. The van der Waals surface area contributed by atoms with Crippen molar-refractivity contribution in [3.8, 4) is 0 Å². The molecular formula is C25H27FN2O3. The Hall–Kier alpha value is -2.70. The fraction of sp³-hybridized carbons (Fsp3) is 0.400. The number of benzene rings is 2. The van der Waals surface area contributed by atoms with E-state index in [-0.39, 0.29) is 17.8 Å². The summed E-state index contributed by atoms with van der Waals surface area (Å²) in [6.45, 7) is 6.81. The van der Waals surface area contributed by atoms with E-state index in [0.29, 0.717) is 22.6 Å². The van der Waals surface area contributed by atoms with E-state index >= 15 is 0 Å². The summed E-state index contributed by atoms with van der Waals surface area (Å²) in [5.74, 6) is -0.138. The van der Waals surface area contributed by atoms with Crippen LogP contribution >= 0.6 is 0 Å². The molecule has 0 saturated carbocycles. The van der Waals surface area contributed by atoms with Crippen molar-refractivity contribution in [3.05, 3.63) is 64.5 Å². The minimum atomic E-state index is -0.584. The Labute approximate surface area is 181 Å². The topological polar surface area (TPSA) is 61.8 Å². The van der Waals surface area contributed by atoms with Gasteiger partial charge in [0, 0.05) is 42.0 Å². The summed E-state index contributed by atoms with van der Waals surface area (Å²) >= 11 is 0. The highest BCUT2D eigenvalue weighted by Crippen LogP contribution is 2.48. The highest BCUT2D eigenvalue weighted by Gasteiger charge is 2.40. The second-order valence-electron chi connectivity index (χ2n) is 9.16. The lowest BCUT2D eigenvalue weighted by Gasteiger charge is -2.29. The average molecular weight is 423 g/mol. The molecule has 3 aliphatic heterocycles. The smallest absolute Gasteiger partial charge is 0.260 e. The van der Waals surface area contributed by atoms with Gasteiger partial charge in [-0.05, 0) is 56.9 Å². The summed E-state index contributed by atoms with van der Waals surface area (Å²) in [5, 5.41) is 12.5. The minimum absolute atomic E-state index is 0.160. The van der Waals surface area contributed by atoms with Gasteiger partial charge in [0.1, 0.15) is 17.2 Å². The number of aliphatic hydroxyl groups excluding tert-OH is 1. The second kappa shape index (κ2) is 7.46. The van der Waals surface area contributed by atoms with E-state index in [4.69, 9.17) is 4.74 Å². The van der Waals surface area contributed by atoms with Gasteiger partial charge in [0.05, 0.1) is 11.7 Å². The van der Waals surface area contributed by atoms with Crippen molar-refractivity contribution < 1.29 is 19.0 Å². The van der Waals surface area contributed by atoms with Crippen molar-refractivity contribution in [1.82, 2.24) is 4.90 Å². The van der Waals surface area contributed by atoms with E-state index in [1.54, 1.807) is 6.07 Å². The van der Waals surface area contributed by atoms with Gasteiger partial charge in [0.2, 0.25) is 0 Å². The Morgan fingerprint density at radius 1 is 1.16 bits per heavy atom. The Morgan fingerprint density at radius 2 is 1.94 bits per heavy atom. The summed E-state index contributed by atoms with van der Waals surface area (Å²) in [7, 11) is 0. The lowest BCUT2D eigenvalue weighted by molar-refractivity contribution is -0.110. The summed E-state index contributed by atoms with van der Waals surface area (Å²) in [6.07, 6.45) is 2.44. The van der Waals surface area contributed by atoms with Crippen LogP contribution in [-0.4, -0.2) is 41.7 Å². The molecule has 0 unspecified atom stereocenters. The molecule has 31 heavy (non-hydrogen) atoms. The quantitative estimate of drug-likeness (QED) is 0.737. The third-order valence-electron chi connectivity index (χ3n) is 6.56. The van der Waals surface area contributed by atoms with Crippen LogP contribution < -0.4 is 5.32 Å². The fourth-order valence-corrected chi connectivity index (χ4v) is 4.79. The zero-order valence-corrected chi connectivity index (χ0v) is 17.9. The first-order valence-corrected chi connectivity index (χ1v) is 10.9. The van der Waals surface area contributed by atoms with Crippen LogP contribution in [0.3, 0.4) is 0 Å². The molecule has 0 radical (unpaired) electrons. The van der Waals surface area contributed by atoms with Crippen molar-refractivity contribution in [1.29, 1.82) is 0 Å². The van der Waals surface area contributed by atoms with Gasteiger partial charge in [-0.3, -0.25) is 4.79 Å². The van der Waals surface area contributed by atoms with Gasteiger partial charge >= 0.3 is 0 Å².